The fourth-order valence-corrected chi connectivity index (χ4v) is 5.34. The molecule has 9 nitrogen and oxygen atoms in total. The van der Waals surface area contributed by atoms with Gasteiger partial charge in [0.1, 0.15) is 5.82 Å². The summed E-state index contributed by atoms with van der Waals surface area (Å²) in [5.41, 5.74) is 11.1. The molecule has 34 heavy (non-hydrogen) atoms. The second kappa shape index (κ2) is 9.09. The van der Waals surface area contributed by atoms with E-state index in [-0.39, 0.29) is 0 Å². The predicted octanol–water partition coefficient (Wildman–Crippen LogP) is 3.89. The number of ether oxygens (including phenoxy) is 1. The number of nitrogens with two attached hydrogens (primary N) is 1. The van der Waals surface area contributed by atoms with Crippen LogP contribution in [0.25, 0.3) is 21.3 Å². The van der Waals surface area contributed by atoms with E-state index in [1.807, 2.05) is 23.6 Å². The molecule has 3 heterocycles. The quantitative estimate of drug-likeness (QED) is 0.367. The Morgan fingerprint density at radius 1 is 1.06 bits per heavy atom. The molecule has 176 valence electrons. The van der Waals surface area contributed by atoms with Gasteiger partial charge >= 0.3 is 0 Å². The topological polar surface area (TPSA) is 122 Å². The fourth-order valence-electron chi connectivity index (χ4n) is 3.87. The van der Waals surface area contributed by atoms with E-state index in [9.17, 15) is 8.42 Å². The Kier molecular flexibility index (Phi) is 5.98. The van der Waals surface area contributed by atoms with E-state index >= 15 is 0 Å². The highest BCUT2D eigenvalue weighted by molar-refractivity contribution is 7.92. The zero-order valence-corrected chi connectivity index (χ0v) is 20.1. The Bertz CT molecular complexity index is 1430. The molecule has 0 saturated carbocycles. The molecule has 1 fully saturated rings. The number of thiophene rings is 1. The monoisotopic (exact) mass is 496 g/mol. The molecule has 0 amide bonds. The average Bonchev–Trinajstić information content (AvgIpc) is 3.24. The van der Waals surface area contributed by atoms with Crippen LogP contribution in [0.4, 0.5) is 28.8 Å². The van der Waals surface area contributed by atoms with Crippen molar-refractivity contribution in [2.75, 3.05) is 53.2 Å². The molecule has 1 aliphatic rings. The van der Waals surface area contributed by atoms with Crippen LogP contribution in [0.3, 0.4) is 0 Å². The van der Waals surface area contributed by atoms with E-state index in [0.29, 0.717) is 23.0 Å². The van der Waals surface area contributed by atoms with Crippen LogP contribution in [0.5, 0.6) is 0 Å². The summed E-state index contributed by atoms with van der Waals surface area (Å²) in [6.07, 6.45) is 1.12. The van der Waals surface area contributed by atoms with Gasteiger partial charge < -0.3 is 20.7 Å². The maximum Gasteiger partial charge on any atom is 0.229 e. The lowest BCUT2D eigenvalue weighted by molar-refractivity contribution is 0.122. The Hall–Kier alpha value is -3.41. The summed E-state index contributed by atoms with van der Waals surface area (Å²) in [4.78, 5) is 11.4. The first-order chi connectivity index (χ1) is 16.4. The van der Waals surface area contributed by atoms with Gasteiger partial charge in [-0.25, -0.2) is 13.4 Å². The van der Waals surface area contributed by atoms with E-state index < -0.39 is 10.0 Å². The number of aromatic nitrogens is 2. The number of fused-ring (bicyclic) bond motifs is 1. The van der Waals surface area contributed by atoms with Crippen molar-refractivity contribution in [3.63, 3.8) is 0 Å². The largest absolute Gasteiger partial charge is 0.382 e. The average molecular weight is 497 g/mol. The number of anilines is 5. The lowest BCUT2D eigenvalue weighted by Gasteiger charge is -2.28. The van der Waals surface area contributed by atoms with Gasteiger partial charge in [-0.2, -0.15) is 4.98 Å². The Morgan fingerprint density at radius 3 is 2.56 bits per heavy atom. The highest BCUT2D eigenvalue weighted by atomic mass is 32.2. The molecule has 2 aromatic carbocycles. The van der Waals surface area contributed by atoms with Gasteiger partial charge in [-0.15, -0.1) is 11.3 Å². The van der Waals surface area contributed by atoms with Gasteiger partial charge in [0.15, 0.2) is 0 Å². The Balaban J connectivity index is 1.43. The fraction of sp³-hybridized carbons (Fsp3) is 0.217. The van der Waals surface area contributed by atoms with Crippen molar-refractivity contribution < 1.29 is 13.2 Å². The summed E-state index contributed by atoms with van der Waals surface area (Å²) in [5.74, 6) is 0.785. The van der Waals surface area contributed by atoms with Crippen LogP contribution in [0.1, 0.15) is 0 Å². The lowest BCUT2D eigenvalue weighted by atomic mass is 10.1. The van der Waals surface area contributed by atoms with Crippen LogP contribution in [-0.4, -0.2) is 50.9 Å². The molecule has 2 aromatic heterocycles. The van der Waals surface area contributed by atoms with Crippen molar-refractivity contribution in [1.29, 1.82) is 0 Å². The molecule has 4 N–H and O–H groups in total. The van der Waals surface area contributed by atoms with Crippen molar-refractivity contribution in [3.05, 3.63) is 53.9 Å². The van der Waals surface area contributed by atoms with Gasteiger partial charge in [-0.1, -0.05) is 12.1 Å². The maximum atomic E-state index is 11.6. The number of nitrogen functional groups attached to an aromatic ring is 1. The van der Waals surface area contributed by atoms with Crippen LogP contribution in [0.2, 0.25) is 0 Å². The molecular formula is C23H24N6O3S2. The van der Waals surface area contributed by atoms with Gasteiger partial charge in [0.2, 0.25) is 16.0 Å². The minimum absolute atomic E-state index is 0.388. The number of nitrogens with zero attached hydrogens (tertiary/aromatic N) is 3. The van der Waals surface area contributed by atoms with E-state index in [4.69, 9.17) is 15.5 Å². The molecule has 1 saturated heterocycles. The molecule has 1 aliphatic heterocycles. The van der Waals surface area contributed by atoms with Crippen molar-refractivity contribution in [3.8, 4) is 11.1 Å². The predicted molar refractivity (Wildman–Crippen MR) is 138 cm³/mol. The van der Waals surface area contributed by atoms with Gasteiger partial charge in [-0.3, -0.25) is 4.72 Å². The third-order valence-electron chi connectivity index (χ3n) is 5.42. The number of rotatable bonds is 6. The molecule has 0 aliphatic carbocycles. The van der Waals surface area contributed by atoms with Gasteiger partial charge in [0.25, 0.3) is 0 Å². The number of benzene rings is 2. The summed E-state index contributed by atoms with van der Waals surface area (Å²) in [7, 11) is -3.38. The van der Waals surface area contributed by atoms with E-state index in [1.165, 1.54) is 11.3 Å². The molecule has 0 radical (unpaired) electrons. The zero-order valence-electron chi connectivity index (χ0n) is 18.5. The third-order valence-corrected chi connectivity index (χ3v) is 7.02. The highest BCUT2D eigenvalue weighted by Gasteiger charge is 2.15. The summed E-state index contributed by atoms with van der Waals surface area (Å²) in [5, 5.41) is 5.20. The number of hydrogen-bond acceptors (Lipinski definition) is 9. The molecule has 4 aromatic rings. The minimum Gasteiger partial charge on any atom is -0.382 e. The third kappa shape index (κ3) is 4.91. The second-order valence-electron chi connectivity index (χ2n) is 7.99. The highest BCUT2D eigenvalue weighted by Crippen LogP contribution is 2.37. The van der Waals surface area contributed by atoms with Crippen molar-refractivity contribution in [2.24, 2.45) is 0 Å². The van der Waals surface area contributed by atoms with Gasteiger partial charge in [-0.05, 0) is 42.0 Å². The lowest BCUT2D eigenvalue weighted by Crippen LogP contribution is -2.36. The SMILES string of the molecule is CS(=O)(=O)Nc1cccc(-c2csc3c(N)nc(Nc4ccc(N5CCOCC5)cc4)nc23)c1. The number of morpholine rings is 1. The zero-order chi connectivity index (χ0) is 23.7. The van der Waals surface area contributed by atoms with Crippen LogP contribution < -0.4 is 20.7 Å². The first kappa shape index (κ1) is 22.4. The second-order valence-corrected chi connectivity index (χ2v) is 10.6. The standard InChI is InChI=1S/C23H24N6O3S2/c1-34(30,31)28-17-4-2-3-15(13-17)19-14-33-21-20(19)26-23(27-22(21)24)25-16-5-7-18(8-6-16)29-9-11-32-12-10-29/h2-8,13-14,28H,9-12H2,1H3,(H3,24,25,26,27). The number of sulfonamides is 1. The van der Waals surface area contributed by atoms with Crippen LogP contribution in [0, 0.1) is 0 Å². The molecule has 0 bridgehead atoms. The van der Waals surface area contributed by atoms with Crippen molar-refractivity contribution in [2.45, 2.75) is 0 Å². The maximum absolute atomic E-state index is 11.6. The van der Waals surface area contributed by atoms with Crippen LogP contribution in [-0.2, 0) is 14.8 Å². The molecule has 0 atom stereocenters. The number of hydrogen-bond donors (Lipinski definition) is 3. The molecular weight excluding hydrogens is 472 g/mol. The number of nitrogens with one attached hydrogen (secondary N) is 2. The first-order valence-electron chi connectivity index (χ1n) is 10.7. The van der Waals surface area contributed by atoms with Crippen molar-refractivity contribution >= 4 is 60.4 Å². The van der Waals surface area contributed by atoms with Crippen LogP contribution >= 0.6 is 11.3 Å². The molecule has 11 heteroatoms. The summed E-state index contributed by atoms with van der Waals surface area (Å²) < 4.78 is 32.0. The molecule has 5 rings (SSSR count). The van der Waals surface area contributed by atoms with Crippen LogP contribution in [0.15, 0.2) is 53.9 Å². The van der Waals surface area contributed by atoms with Gasteiger partial charge in [0.05, 0.1) is 29.7 Å². The Morgan fingerprint density at radius 2 is 1.82 bits per heavy atom. The van der Waals surface area contributed by atoms with Gasteiger partial charge in [0, 0.05) is 41.1 Å². The van der Waals surface area contributed by atoms with E-state index in [0.717, 1.165) is 59.8 Å². The summed E-state index contributed by atoms with van der Waals surface area (Å²) in [6.45, 7) is 3.24. The summed E-state index contributed by atoms with van der Waals surface area (Å²) in [6, 6.07) is 15.3. The Labute approximate surface area is 201 Å². The smallest absolute Gasteiger partial charge is 0.229 e. The molecule has 0 unspecified atom stereocenters. The minimum atomic E-state index is -3.38. The first-order valence-corrected chi connectivity index (χ1v) is 13.5. The molecule has 0 spiro atoms. The summed E-state index contributed by atoms with van der Waals surface area (Å²) >= 11 is 1.45. The van der Waals surface area contributed by atoms with E-state index in [1.54, 1.807) is 18.2 Å². The normalized spacial score (nSPS) is 14.3. The van der Waals surface area contributed by atoms with E-state index in [2.05, 4.69) is 32.1 Å². The van der Waals surface area contributed by atoms with Crippen molar-refractivity contribution in [1.82, 2.24) is 9.97 Å².